The molecule has 7 nitrogen and oxygen atoms in total. The molecule has 2 amide bonds. The molecule has 1 atom stereocenters. The molecule has 0 saturated carbocycles. The Morgan fingerprint density at radius 1 is 1.19 bits per heavy atom. The van der Waals surface area contributed by atoms with Crippen LogP contribution in [-0.2, 0) is 9.59 Å². The predicted octanol–water partition coefficient (Wildman–Crippen LogP) is 4.96. The van der Waals surface area contributed by atoms with Gasteiger partial charge in [0.2, 0.25) is 5.91 Å². The first-order valence-electron chi connectivity index (χ1n) is 9.74. The Morgan fingerprint density at radius 3 is 2.55 bits per heavy atom. The molecule has 2 aromatic carbocycles. The first-order chi connectivity index (χ1) is 14.7. The van der Waals surface area contributed by atoms with Crippen LogP contribution in [0.1, 0.15) is 33.3 Å². The summed E-state index contributed by atoms with van der Waals surface area (Å²) in [5.74, 6) is -0.582. The maximum Gasteiger partial charge on any atom is 0.252 e. The van der Waals surface area contributed by atoms with Crippen molar-refractivity contribution in [3.05, 3.63) is 50.0 Å². The summed E-state index contributed by atoms with van der Waals surface area (Å²) in [7, 11) is 0. The number of para-hydroxylation sites is 1. The molecule has 0 spiro atoms. The van der Waals surface area contributed by atoms with Crippen LogP contribution in [0.2, 0.25) is 0 Å². The van der Waals surface area contributed by atoms with Crippen molar-refractivity contribution >= 4 is 62.2 Å². The molecular formula is C22H25BrIN3O4. The molecule has 0 aromatic heterocycles. The van der Waals surface area contributed by atoms with E-state index < -0.39 is 17.7 Å². The summed E-state index contributed by atoms with van der Waals surface area (Å²) in [5, 5.41) is 6.71. The summed E-state index contributed by atoms with van der Waals surface area (Å²) in [6.07, 6.45) is 1.51. The quantitative estimate of drug-likeness (QED) is 0.184. The fourth-order valence-electron chi connectivity index (χ4n) is 2.47. The Labute approximate surface area is 204 Å². The van der Waals surface area contributed by atoms with E-state index in [0.717, 1.165) is 13.6 Å². The van der Waals surface area contributed by atoms with Crippen molar-refractivity contribution in [1.82, 2.24) is 5.43 Å². The third-order valence-corrected chi connectivity index (χ3v) is 5.48. The average Bonchev–Trinajstić information content (AvgIpc) is 2.71. The number of nitrogens with zero attached hydrogens (tertiary/aromatic N) is 1. The summed E-state index contributed by atoms with van der Waals surface area (Å²) < 4.78 is 13.1. The number of halogens is 2. The van der Waals surface area contributed by atoms with Gasteiger partial charge in [-0.25, -0.2) is 5.43 Å². The van der Waals surface area contributed by atoms with E-state index >= 15 is 0 Å². The molecule has 166 valence electrons. The van der Waals surface area contributed by atoms with E-state index in [1.807, 2.05) is 32.9 Å². The van der Waals surface area contributed by atoms with E-state index in [2.05, 4.69) is 54.4 Å². The predicted molar refractivity (Wildman–Crippen MR) is 134 cm³/mol. The SMILES string of the molecule is CCOc1cc(C=NNC(=O)C(C)C(=O)Nc2ccccc2Br)cc(I)c1OC(C)C. The number of rotatable bonds is 9. The highest BCUT2D eigenvalue weighted by atomic mass is 127. The molecule has 0 heterocycles. The highest BCUT2D eigenvalue weighted by Crippen LogP contribution is 2.34. The fraction of sp³-hybridized carbons (Fsp3) is 0.318. The molecule has 9 heteroatoms. The Bertz CT molecular complexity index is 966. The molecule has 2 N–H and O–H groups in total. The maximum atomic E-state index is 12.3. The lowest BCUT2D eigenvalue weighted by Gasteiger charge is -2.16. The molecular weight excluding hydrogens is 577 g/mol. The minimum atomic E-state index is -0.926. The second-order valence-corrected chi connectivity index (χ2v) is 8.87. The summed E-state index contributed by atoms with van der Waals surface area (Å²) in [6.45, 7) is 7.81. The first kappa shape index (κ1) is 25.1. The highest BCUT2D eigenvalue weighted by Gasteiger charge is 2.22. The number of ether oxygens (including phenoxy) is 2. The average molecular weight is 602 g/mol. The summed E-state index contributed by atoms with van der Waals surface area (Å²) in [6, 6.07) is 10.9. The lowest BCUT2D eigenvalue weighted by molar-refractivity contribution is -0.131. The second kappa shape index (κ2) is 12.0. The number of carbonyl (C=O) groups excluding carboxylic acids is 2. The van der Waals surface area contributed by atoms with E-state index in [1.165, 1.54) is 13.1 Å². The van der Waals surface area contributed by atoms with E-state index in [4.69, 9.17) is 9.47 Å². The Hall–Kier alpha value is -2.14. The lowest BCUT2D eigenvalue weighted by Crippen LogP contribution is -2.34. The van der Waals surface area contributed by atoms with Crippen LogP contribution in [0, 0.1) is 9.49 Å². The Balaban J connectivity index is 2.04. The molecule has 1 unspecified atom stereocenters. The highest BCUT2D eigenvalue weighted by molar-refractivity contribution is 14.1. The number of carbonyl (C=O) groups is 2. The van der Waals surface area contributed by atoms with Gasteiger partial charge in [-0.15, -0.1) is 0 Å². The molecule has 0 radical (unpaired) electrons. The van der Waals surface area contributed by atoms with Crippen molar-refractivity contribution in [2.75, 3.05) is 11.9 Å². The standard InChI is InChI=1S/C22H25BrIN3O4/c1-5-30-19-11-15(10-17(24)20(19)31-13(2)3)12-25-27-22(29)14(4)21(28)26-18-9-7-6-8-16(18)23/h6-14H,5H2,1-4H3,(H,26,28)(H,27,29). The molecule has 0 aliphatic heterocycles. The third kappa shape index (κ3) is 7.49. The number of nitrogens with one attached hydrogen (secondary N) is 2. The number of hydrogen-bond acceptors (Lipinski definition) is 5. The van der Waals surface area contributed by atoms with E-state index in [-0.39, 0.29) is 6.10 Å². The van der Waals surface area contributed by atoms with Crippen molar-refractivity contribution in [2.45, 2.75) is 33.8 Å². The van der Waals surface area contributed by atoms with E-state index in [9.17, 15) is 9.59 Å². The van der Waals surface area contributed by atoms with Crippen LogP contribution in [0.3, 0.4) is 0 Å². The van der Waals surface area contributed by atoms with Crippen molar-refractivity contribution < 1.29 is 19.1 Å². The molecule has 31 heavy (non-hydrogen) atoms. The molecule has 2 rings (SSSR count). The van der Waals surface area contributed by atoms with Crippen LogP contribution in [0.15, 0.2) is 46.0 Å². The van der Waals surface area contributed by atoms with Gasteiger partial charge < -0.3 is 14.8 Å². The minimum absolute atomic E-state index is 0.00988. The second-order valence-electron chi connectivity index (χ2n) is 6.85. The molecule has 0 aliphatic carbocycles. The van der Waals surface area contributed by atoms with Crippen LogP contribution in [0.4, 0.5) is 5.69 Å². The fourth-order valence-corrected chi connectivity index (χ4v) is 3.60. The zero-order valence-electron chi connectivity index (χ0n) is 17.7. The summed E-state index contributed by atoms with van der Waals surface area (Å²) in [5.41, 5.74) is 3.74. The van der Waals surface area contributed by atoms with Gasteiger partial charge in [0.1, 0.15) is 5.92 Å². The van der Waals surface area contributed by atoms with Gasteiger partial charge in [0.05, 0.1) is 28.2 Å². The van der Waals surface area contributed by atoms with Gasteiger partial charge in [-0.3, -0.25) is 9.59 Å². The normalized spacial score (nSPS) is 12.0. The van der Waals surface area contributed by atoms with Gasteiger partial charge in [0.25, 0.3) is 5.91 Å². The number of amides is 2. The van der Waals surface area contributed by atoms with Gasteiger partial charge >= 0.3 is 0 Å². The van der Waals surface area contributed by atoms with Crippen LogP contribution in [0.5, 0.6) is 11.5 Å². The summed E-state index contributed by atoms with van der Waals surface area (Å²) >= 11 is 5.53. The van der Waals surface area contributed by atoms with Gasteiger partial charge in [-0.1, -0.05) is 12.1 Å². The largest absolute Gasteiger partial charge is 0.490 e. The van der Waals surface area contributed by atoms with Crippen LogP contribution < -0.4 is 20.2 Å². The lowest BCUT2D eigenvalue weighted by atomic mass is 10.1. The zero-order chi connectivity index (χ0) is 23.0. The summed E-state index contributed by atoms with van der Waals surface area (Å²) in [4.78, 5) is 24.7. The molecule has 0 bridgehead atoms. The van der Waals surface area contributed by atoms with Gasteiger partial charge in [0.15, 0.2) is 11.5 Å². The van der Waals surface area contributed by atoms with Crippen molar-refractivity contribution in [3.63, 3.8) is 0 Å². The third-order valence-electron chi connectivity index (χ3n) is 3.99. The zero-order valence-corrected chi connectivity index (χ0v) is 21.5. The van der Waals surface area contributed by atoms with E-state index in [1.54, 1.807) is 24.3 Å². The van der Waals surface area contributed by atoms with Gasteiger partial charge in [0, 0.05) is 4.47 Å². The maximum absolute atomic E-state index is 12.3. The van der Waals surface area contributed by atoms with Crippen molar-refractivity contribution in [1.29, 1.82) is 0 Å². The van der Waals surface area contributed by atoms with Gasteiger partial charge in [-0.2, -0.15) is 5.10 Å². The van der Waals surface area contributed by atoms with Gasteiger partial charge in [-0.05, 0) is 96.0 Å². The molecule has 0 saturated heterocycles. The van der Waals surface area contributed by atoms with Crippen LogP contribution in [-0.4, -0.2) is 30.7 Å². The molecule has 0 aliphatic rings. The number of anilines is 1. The van der Waals surface area contributed by atoms with E-state index in [0.29, 0.717) is 23.8 Å². The minimum Gasteiger partial charge on any atom is -0.490 e. The topological polar surface area (TPSA) is 89.0 Å². The Morgan fingerprint density at radius 2 is 1.90 bits per heavy atom. The monoisotopic (exact) mass is 601 g/mol. The number of hydrazone groups is 1. The molecule has 0 fully saturated rings. The van der Waals surface area contributed by atoms with Crippen LogP contribution in [0.25, 0.3) is 0 Å². The first-order valence-corrected chi connectivity index (χ1v) is 11.6. The smallest absolute Gasteiger partial charge is 0.252 e. The number of hydrogen-bond donors (Lipinski definition) is 2. The van der Waals surface area contributed by atoms with Crippen molar-refractivity contribution in [2.24, 2.45) is 11.0 Å². The molecule has 2 aromatic rings. The van der Waals surface area contributed by atoms with Crippen LogP contribution >= 0.6 is 38.5 Å². The number of benzene rings is 2. The van der Waals surface area contributed by atoms with Crippen molar-refractivity contribution in [3.8, 4) is 11.5 Å². The Kier molecular flexibility index (Phi) is 9.76.